The van der Waals surface area contributed by atoms with Gasteiger partial charge in [0.15, 0.2) is 0 Å². The van der Waals surface area contributed by atoms with Crippen LogP contribution in [0.4, 0.5) is 0 Å². The second-order valence-corrected chi connectivity index (χ2v) is 6.75. The monoisotopic (exact) mass is 294 g/mol. The van der Waals surface area contributed by atoms with Crippen LogP contribution in [0.2, 0.25) is 0 Å². The van der Waals surface area contributed by atoms with Gasteiger partial charge in [-0.15, -0.1) is 0 Å². The van der Waals surface area contributed by atoms with E-state index in [0.29, 0.717) is 12.1 Å². The number of amides is 1. The number of carbonyl (C=O) groups is 1. The van der Waals surface area contributed by atoms with Crippen LogP contribution >= 0.6 is 11.3 Å². The molecule has 2 atom stereocenters. The second-order valence-electron chi connectivity index (χ2n) is 5.97. The minimum atomic E-state index is -0.120. The van der Waals surface area contributed by atoms with Crippen molar-refractivity contribution in [2.24, 2.45) is 0 Å². The van der Waals surface area contributed by atoms with Crippen molar-refractivity contribution in [3.8, 4) is 0 Å². The first-order valence-electron chi connectivity index (χ1n) is 7.72. The van der Waals surface area contributed by atoms with Crippen LogP contribution in [0.15, 0.2) is 16.8 Å². The highest BCUT2D eigenvalue weighted by molar-refractivity contribution is 7.07. The fourth-order valence-electron chi connectivity index (χ4n) is 2.90. The molecule has 1 heterocycles. The Bertz CT molecular complexity index is 399. The van der Waals surface area contributed by atoms with Crippen molar-refractivity contribution in [3.05, 3.63) is 22.4 Å². The van der Waals surface area contributed by atoms with Gasteiger partial charge in [-0.2, -0.15) is 11.3 Å². The quantitative estimate of drug-likeness (QED) is 0.846. The van der Waals surface area contributed by atoms with Crippen LogP contribution in [0.1, 0.15) is 51.5 Å². The molecule has 1 amide bonds. The highest BCUT2D eigenvalue weighted by Crippen LogP contribution is 2.17. The summed E-state index contributed by atoms with van der Waals surface area (Å²) >= 11 is 1.72. The zero-order valence-corrected chi connectivity index (χ0v) is 13.3. The van der Waals surface area contributed by atoms with E-state index >= 15 is 0 Å². The Morgan fingerprint density at radius 2 is 2.10 bits per heavy atom. The van der Waals surface area contributed by atoms with Gasteiger partial charge in [0.2, 0.25) is 5.91 Å². The molecular weight excluding hydrogens is 268 g/mol. The molecular formula is C16H26N2OS. The van der Waals surface area contributed by atoms with Gasteiger partial charge in [0, 0.05) is 12.1 Å². The molecule has 1 aromatic heterocycles. The molecule has 2 rings (SSSR count). The maximum Gasteiger partial charge on any atom is 0.237 e. The van der Waals surface area contributed by atoms with E-state index in [4.69, 9.17) is 0 Å². The Kier molecular flexibility index (Phi) is 6.05. The fraction of sp³-hybridized carbons (Fsp3) is 0.688. The lowest BCUT2D eigenvalue weighted by Crippen LogP contribution is -2.49. The maximum absolute atomic E-state index is 12.2. The van der Waals surface area contributed by atoms with Crippen molar-refractivity contribution >= 4 is 17.2 Å². The minimum Gasteiger partial charge on any atom is -0.352 e. The molecule has 0 spiro atoms. The molecule has 1 fully saturated rings. The van der Waals surface area contributed by atoms with Crippen molar-refractivity contribution in [2.45, 2.75) is 70.5 Å². The SMILES string of the molecule is CC(Cc1ccsc1)NC(C)C(=O)NC1CCCCC1. The van der Waals surface area contributed by atoms with Crippen molar-refractivity contribution in [1.82, 2.24) is 10.6 Å². The molecule has 0 aliphatic heterocycles. The van der Waals surface area contributed by atoms with Crippen LogP contribution in [-0.4, -0.2) is 24.0 Å². The molecule has 0 aromatic carbocycles. The van der Waals surface area contributed by atoms with Crippen LogP contribution < -0.4 is 10.6 Å². The lowest BCUT2D eigenvalue weighted by molar-refractivity contribution is -0.123. The number of nitrogens with one attached hydrogen (secondary N) is 2. The van der Waals surface area contributed by atoms with Crippen LogP contribution in [0.5, 0.6) is 0 Å². The molecule has 20 heavy (non-hydrogen) atoms. The van der Waals surface area contributed by atoms with E-state index in [9.17, 15) is 4.79 Å². The zero-order chi connectivity index (χ0) is 14.4. The average molecular weight is 294 g/mol. The molecule has 0 radical (unpaired) electrons. The fourth-order valence-corrected chi connectivity index (χ4v) is 3.58. The average Bonchev–Trinajstić information content (AvgIpc) is 2.92. The summed E-state index contributed by atoms with van der Waals surface area (Å²) < 4.78 is 0. The van der Waals surface area contributed by atoms with Gasteiger partial charge in [-0.25, -0.2) is 0 Å². The third-order valence-corrected chi connectivity index (χ3v) is 4.73. The van der Waals surface area contributed by atoms with Gasteiger partial charge in [-0.05, 0) is 55.5 Å². The number of thiophene rings is 1. The van der Waals surface area contributed by atoms with E-state index < -0.39 is 0 Å². The Morgan fingerprint density at radius 1 is 1.35 bits per heavy atom. The smallest absolute Gasteiger partial charge is 0.237 e. The summed E-state index contributed by atoms with van der Waals surface area (Å²) in [7, 11) is 0. The first kappa shape index (κ1) is 15.5. The van der Waals surface area contributed by atoms with Crippen molar-refractivity contribution in [3.63, 3.8) is 0 Å². The highest BCUT2D eigenvalue weighted by Gasteiger charge is 2.20. The van der Waals surface area contributed by atoms with Crippen molar-refractivity contribution in [1.29, 1.82) is 0 Å². The number of carbonyl (C=O) groups excluding carboxylic acids is 1. The summed E-state index contributed by atoms with van der Waals surface area (Å²) in [6.45, 7) is 4.10. The van der Waals surface area contributed by atoms with E-state index in [2.05, 4.69) is 34.4 Å². The minimum absolute atomic E-state index is 0.120. The number of rotatable bonds is 6. The predicted octanol–water partition coefficient (Wildman–Crippen LogP) is 3.11. The Morgan fingerprint density at radius 3 is 2.75 bits per heavy atom. The molecule has 1 aliphatic carbocycles. The predicted molar refractivity (Wildman–Crippen MR) is 85.1 cm³/mol. The highest BCUT2D eigenvalue weighted by atomic mass is 32.1. The normalized spacial score (nSPS) is 19.5. The Balaban J connectivity index is 1.72. The molecule has 0 saturated heterocycles. The molecule has 2 N–H and O–H groups in total. The number of hydrogen-bond acceptors (Lipinski definition) is 3. The maximum atomic E-state index is 12.2. The van der Waals surface area contributed by atoms with Gasteiger partial charge >= 0.3 is 0 Å². The second kappa shape index (κ2) is 7.79. The summed E-state index contributed by atoms with van der Waals surface area (Å²) in [6, 6.07) is 2.74. The Hall–Kier alpha value is -0.870. The van der Waals surface area contributed by atoms with Crippen LogP contribution in [0.25, 0.3) is 0 Å². The molecule has 1 aliphatic rings. The van der Waals surface area contributed by atoms with Crippen molar-refractivity contribution < 1.29 is 4.79 Å². The van der Waals surface area contributed by atoms with Crippen molar-refractivity contribution in [2.75, 3.05) is 0 Å². The number of hydrogen-bond donors (Lipinski definition) is 2. The van der Waals surface area contributed by atoms with E-state index in [1.54, 1.807) is 11.3 Å². The largest absolute Gasteiger partial charge is 0.352 e. The molecule has 1 saturated carbocycles. The lowest BCUT2D eigenvalue weighted by atomic mass is 9.95. The summed E-state index contributed by atoms with van der Waals surface area (Å²) in [6.07, 6.45) is 7.08. The lowest BCUT2D eigenvalue weighted by Gasteiger charge is -2.26. The third-order valence-electron chi connectivity index (χ3n) is 4.00. The summed E-state index contributed by atoms with van der Waals surface area (Å²) in [4.78, 5) is 12.2. The summed E-state index contributed by atoms with van der Waals surface area (Å²) in [5.74, 6) is 0.147. The summed E-state index contributed by atoms with van der Waals surface area (Å²) in [5.41, 5.74) is 1.34. The topological polar surface area (TPSA) is 41.1 Å². The third kappa shape index (κ3) is 4.91. The van der Waals surface area contributed by atoms with E-state index in [0.717, 1.165) is 19.3 Å². The first-order valence-corrected chi connectivity index (χ1v) is 8.67. The van der Waals surface area contributed by atoms with Crippen LogP contribution in [0.3, 0.4) is 0 Å². The van der Waals surface area contributed by atoms with Gasteiger partial charge in [0.25, 0.3) is 0 Å². The van der Waals surface area contributed by atoms with Gasteiger partial charge < -0.3 is 10.6 Å². The van der Waals surface area contributed by atoms with Gasteiger partial charge in [0.05, 0.1) is 6.04 Å². The molecule has 1 aromatic rings. The van der Waals surface area contributed by atoms with Gasteiger partial charge in [-0.1, -0.05) is 19.3 Å². The summed E-state index contributed by atoms with van der Waals surface area (Å²) in [5, 5.41) is 10.9. The van der Waals surface area contributed by atoms with E-state index in [1.807, 2.05) is 6.92 Å². The molecule has 4 heteroatoms. The molecule has 2 unspecified atom stereocenters. The standard InChI is InChI=1S/C16H26N2OS/c1-12(10-14-8-9-20-11-14)17-13(2)16(19)18-15-6-4-3-5-7-15/h8-9,11-13,15,17H,3-7,10H2,1-2H3,(H,18,19). The van der Waals surface area contributed by atoms with Gasteiger partial charge in [-0.3, -0.25) is 4.79 Å². The van der Waals surface area contributed by atoms with Gasteiger partial charge in [0.1, 0.15) is 0 Å². The molecule has 112 valence electrons. The Labute approximate surface area is 126 Å². The van der Waals surface area contributed by atoms with Crippen LogP contribution in [0, 0.1) is 0 Å². The van der Waals surface area contributed by atoms with E-state index in [-0.39, 0.29) is 11.9 Å². The first-order chi connectivity index (χ1) is 9.65. The molecule has 0 bridgehead atoms. The zero-order valence-electron chi connectivity index (χ0n) is 12.5. The van der Waals surface area contributed by atoms with E-state index in [1.165, 1.54) is 24.8 Å². The van der Waals surface area contributed by atoms with Crippen LogP contribution in [-0.2, 0) is 11.2 Å². The molecule has 3 nitrogen and oxygen atoms in total.